The van der Waals surface area contributed by atoms with Gasteiger partial charge in [0.25, 0.3) is 17.7 Å². The second-order valence-electron chi connectivity index (χ2n) is 12.3. The van der Waals surface area contributed by atoms with Crippen LogP contribution < -0.4 is 25.8 Å². The largest absolute Gasteiger partial charge is 0.395 e. The van der Waals surface area contributed by atoms with Gasteiger partial charge in [-0.3, -0.25) is 24.0 Å². The van der Waals surface area contributed by atoms with Crippen LogP contribution in [0.4, 0.5) is 11.4 Å². The van der Waals surface area contributed by atoms with Crippen LogP contribution in [-0.4, -0.2) is 132 Å². The Bertz CT molecular complexity index is 1610. The Balaban J connectivity index is 2.59. The predicted octanol–water partition coefficient (Wildman–Crippen LogP) is -1.28. The second kappa shape index (κ2) is 19.2. The number of hydrogen-bond acceptors (Lipinski definition) is 11. The van der Waals surface area contributed by atoms with Crippen molar-refractivity contribution in [1.82, 2.24) is 16.0 Å². The zero-order valence-corrected chi connectivity index (χ0v) is 30.2. The first-order valence-corrected chi connectivity index (χ1v) is 16.4. The van der Waals surface area contributed by atoms with Crippen molar-refractivity contribution in [3.8, 4) is 0 Å². The molecule has 5 amide bonds. The first-order valence-electron chi connectivity index (χ1n) is 16.4. The molecule has 0 saturated carbocycles. The summed E-state index contributed by atoms with van der Waals surface area (Å²) in [6, 6.07) is -1.02. The quantitative estimate of drug-likeness (QED) is 0.0775. The van der Waals surface area contributed by atoms with Crippen LogP contribution in [0.3, 0.4) is 0 Å². The molecule has 0 saturated heterocycles. The third-order valence-electron chi connectivity index (χ3n) is 9.09. The highest BCUT2D eigenvalue weighted by Crippen LogP contribution is 2.35. The minimum Gasteiger partial charge on any atom is -0.395 e. The Kier molecular flexibility index (Phi) is 16.1. The van der Waals surface area contributed by atoms with Gasteiger partial charge in [0.05, 0.1) is 69.1 Å². The molecule has 2 aromatic rings. The summed E-state index contributed by atoms with van der Waals surface area (Å²) in [5.41, 5.74) is 3.81. The van der Waals surface area contributed by atoms with E-state index in [1.165, 1.54) is 20.8 Å². The predicted molar refractivity (Wildman–Crippen MR) is 189 cm³/mol. The molecule has 2 aromatic carbocycles. The molecule has 282 valence electrons. The van der Waals surface area contributed by atoms with Crippen LogP contribution in [0.25, 0.3) is 0 Å². The molecule has 0 aromatic heterocycles. The fraction of sp³-hybridized carbons (Fsp3) is 0.514. The summed E-state index contributed by atoms with van der Waals surface area (Å²) >= 11 is 0. The Morgan fingerprint density at radius 1 is 0.569 bits per heavy atom. The number of aliphatic hydroxyl groups excluding tert-OH is 6. The van der Waals surface area contributed by atoms with Gasteiger partial charge in [0.15, 0.2) is 0 Å². The highest BCUT2D eigenvalue weighted by Gasteiger charge is 2.31. The van der Waals surface area contributed by atoms with Gasteiger partial charge in [0, 0.05) is 29.8 Å². The molecule has 9 N–H and O–H groups in total. The number of carbonyl (C=O) groups excluding carboxylic acids is 5. The summed E-state index contributed by atoms with van der Waals surface area (Å²) in [7, 11) is 0. The number of carbonyl (C=O) groups is 5. The molecule has 0 bridgehead atoms. The number of rotatable bonds is 19. The van der Waals surface area contributed by atoms with Crippen molar-refractivity contribution in [1.29, 1.82) is 0 Å². The Morgan fingerprint density at radius 2 is 0.941 bits per heavy atom. The summed E-state index contributed by atoms with van der Waals surface area (Å²) in [6.45, 7) is 8.60. The molecule has 0 aliphatic heterocycles. The lowest BCUT2D eigenvalue weighted by molar-refractivity contribution is -0.109. The van der Waals surface area contributed by atoms with Gasteiger partial charge in [0.1, 0.15) is 0 Å². The van der Waals surface area contributed by atoms with Crippen LogP contribution in [0.15, 0.2) is 0 Å². The van der Waals surface area contributed by atoms with Crippen molar-refractivity contribution in [2.24, 2.45) is 0 Å². The molecule has 0 aliphatic rings. The molecule has 2 rings (SSSR count). The van der Waals surface area contributed by atoms with Gasteiger partial charge in [-0.2, -0.15) is 0 Å². The number of benzene rings is 2. The Hall–Kier alpha value is -4.45. The lowest BCUT2D eigenvalue weighted by Gasteiger charge is -2.32. The van der Waals surface area contributed by atoms with Crippen molar-refractivity contribution in [2.75, 3.05) is 62.4 Å². The molecule has 0 fully saturated rings. The third kappa shape index (κ3) is 9.46. The SMILES string of the molecule is Cc1c(C)c(C(=O)NCCO)c(C)c(N(C=O)CC(O)C(O)CN(C=O)c2c(C)c(C(=O)NCCO)c(C)c(C(=O)NC(CO)CO)c2C)c1C. The van der Waals surface area contributed by atoms with Crippen molar-refractivity contribution in [2.45, 2.75) is 66.7 Å². The van der Waals surface area contributed by atoms with Crippen LogP contribution >= 0.6 is 0 Å². The van der Waals surface area contributed by atoms with E-state index in [-0.39, 0.29) is 59.8 Å². The molecule has 0 heterocycles. The lowest BCUT2D eigenvalue weighted by atomic mass is 9.89. The number of anilines is 2. The molecule has 0 spiro atoms. The summed E-state index contributed by atoms with van der Waals surface area (Å²) < 4.78 is 0. The molecule has 2 atom stereocenters. The molecule has 16 nitrogen and oxygen atoms in total. The van der Waals surface area contributed by atoms with Crippen LogP contribution in [0.2, 0.25) is 0 Å². The van der Waals surface area contributed by atoms with E-state index in [0.717, 1.165) is 9.80 Å². The number of amides is 5. The van der Waals surface area contributed by atoms with Gasteiger partial charge in [-0.1, -0.05) is 0 Å². The van der Waals surface area contributed by atoms with Crippen molar-refractivity contribution in [3.05, 3.63) is 55.6 Å². The van der Waals surface area contributed by atoms with Crippen LogP contribution in [0.1, 0.15) is 70.0 Å². The minimum atomic E-state index is -1.67. The van der Waals surface area contributed by atoms with Crippen LogP contribution in [0.5, 0.6) is 0 Å². The van der Waals surface area contributed by atoms with Crippen LogP contribution in [0, 0.1) is 48.5 Å². The van der Waals surface area contributed by atoms with E-state index in [1.54, 1.807) is 27.7 Å². The standard InChI is InChI=1S/C35H51N5O11/c1-18-19(2)28(33(49)36-8-10-41)22(5)31(20(18)3)39(16-45)12-26(47)27(48)13-40(17-46)32-23(6)29(34(50)37-9-11-42)21(4)30(24(32)7)35(51)38-25(14-43)15-44/h16-17,25-27,41-44,47-48H,8-15H2,1-7H3,(H,36,49)(H,37,50)(H,38,51). The first-order chi connectivity index (χ1) is 24.1. The summed E-state index contributed by atoms with van der Waals surface area (Å²) in [5, 5.41) is 67.6. The molecule has 0 aliphatic carbocycles. The normalized spacial score (nSPS) is 12.3. The molecule has 0 radical (unpaired) electrons. The molecular formula is C35H51N5O11. The fourth-order valence-electron chi connectivity index (χ4n) is 6.36. The first kappa shape index (κ1) is 42.7. The molecule has 2 unspecified atom stereocenters. The zero-order chi connectivity index (χ0) is 38.7. The van der Waals surface area contributed by atoms with E-state index in [2.05, 4.69) is 16.0 Å². The third-order valence-corrected chi connectivity index (χ3v) is 9.09. The fourth-order valence-corrected chi connectivity index (χ4v) is 6.36. The number of hydrogen-bond donors (Lipinski definition) is 9. The van der Waals surface area contributed by atoms with Gasteiger partial charge >= 0.3 is 0 Å². The summed E-state index contributed by atoms with van der Waals surface area (Å²) in [4.78, 5) is 66.9. The Labute approximate surface area is 297 Å². The maximum atomic E-state index is 13.4. The van der Waals surface area contributed by atoms with E-state index >= 15 is 0 Å². The number of nitrogens with zero attached hydrogens (tertiary/aromatic N) is 2. The van der Waals surface area contributed by atoms with E-state index < -0.39 is 62.3 Å². The summed E-state index contributed by atoms with van der Waals surface area (Å²) in [6.07, 6.45) is -2.50. The van der Waals surface area contributed by atoms with Crippen molar-refractivity contribution in [3.63, 3.8) is 0 Å². The average molecular weight is 718 g/mol. The second-order valence-corrected chi connectivity index (χ2v) is 12.3. The number of aliphatic hydroxyl groups is 6. The molecule has 51 heavy (non-hydrogen) atoms. The Morgan fingerprint density at radius 3 is 1.31 bits per heavy atom. The maximum Gasteiger partial charge on any atom is 0.252 e. The number of nitrogens with one attached hydrogen (secondary N) is 3. The van der Waals surface area contributed by atoms with Crippen molar-refractivity contribution < 1.29 is 54.6 Å². The van der Waals surface area contributed by atoms with Gasteiger partial charge in [-0.15, -0.1) is 0 Å². The van der Waals surface area contributed by atoms with Crippen LogP contribution in [-0.2, 0) is 9.59 Å². The monoisotopic (exact) mass is 717 g/mol. The van der Waals surface area contributed by atoms with E-state index in [1.807, 2.05) is 0 Å². The van der Waals surface area contributed by atoms with Gasteiger partial charge < -0.3 is 56.4 Å². The topological polar surface area (TPSA) is 249 Å². The van der Waals surface area contributed by atoms with E-state index in [0.29, 0.717) is 46.3 Å². The smallest absolute Gasteiger partial charge is 0.252 e. The van der Waals surface area contributed by atoms with Gasteiger partial charge in [-0.05, 0) is 87.4 Å². The van der Waals surface area contributed by atoms with Crippen molar-refractivity contribution >= 4 is 41.9 Å². The lowest BCUT2D eigenvalue weighted by Crippen LogP contribution is -2.45. The highest BCUT2D eigenvalue weighted by atomic mass is 16.3. The average Bonchev–Trinajstić information content (AvgIpc) is 3.09. The minimum absolute atomic E-state index is 0.00675. The van der Waals surface area contributed by atoms with E-state index in [4.69, 9.17) is 0 Å². The van der Waals surface area contributed by atoms with Gasteiger partial charge in [0.2, 0.25) is 12.8 Å². The molecular weight excluding hydrogens is 666 g/mol. The maximum absolute atomic E-state index is 13.4. The summed E-state index contributed by atoms with van der Waals surface area (Å²) in [5.74, 6) is -1.88. The highest BCUT2D eigenvalue weighted by molar-refractivity contribution is 6.07. The van der Waals surface area contributed by atoms with E-state index in [9.17, 15) is 54.6 Å². The molecule has 16 heteroatoms. The van der Waals surface area contributed by atoms with Gasteiger partial charge in [-0.25, -0.2) is 0 Å². The zero-order valence-electron chi connectivity index (χ0n) is 30.2.